The quantitative estimate of drug-likeness (QED) is 0.856. The zero-order chi connectivity index (χ0) is 14.6. The first-order valence-electron chi connectivity index (χ1n) is 7.01. The Bertz CT molecular complexity index is 539. The molecule has 1 aromatic rings. The molecule has 0 aliphatic carbocycles. The summed E-state index contributed by atoms with van der Waals surface area (Å²) in [5.74, 6) is 0. The standard InChI is InChI=1S/C14H23N3O2S/c1-15-20(18,19)14-9-4-3-8-13(14)17(2)11-12-7-5-6-10-16-12/h3-4,8-9,12,15-16H,5-7,10-11H2,1-2H3. The molecule has 2 N–H and O–H groups in total. The van der Waals surface area contributed by atoms with Gasteiger partial charge in [0.1, 0.15) is 4.90 Å². The van der Waals surface area contributed by atoms with Gasteiger partial charge < -0.3 is 10.2 Å². The molecule has 0 bridgehead atoms. The van der Waals surface area contributed by atoms with Crippen LogP contribution in [0, 0.1) is 0 Å². The number of nitrogens with zero attached hydrogens (tertiary/aromatic N) is 1. The maximum Gasteiger partial charge on any atom is 0.242 e. The summed E-state index contributed by atoms with van der Waals surface area (Å²) in [5.41, 5.74) is 0.745. The van der Waals surface area contributed by atoms with Gasteiger partial charge in [0, 0.05) is 19.6 Å². The zero-order valence-electron chi connectivity index (χ0n) is 12.1. The van der Waals surface area contributed by atoms with Crippen LogP contribution < -0.4 is 14.9 Å². The number of hydrogen-bond acceptors (Lipinski definition) is 4. The Hall–Kier alpha value is -1.11. The maximum atomic E-state index is 12.1. The molecule has 0 aromatic heterocycles. The van der Waals surface area contributed by atoms with Crippen molar-refractivity contribution < 1.29 is 8.42 Å². The molecule has 1 aromatic carbocycles. The Morgan fingerprint density at radius 3 is 2.75 bits per heavy atom. The van der Waals surface area contributed by atoms with Gasteiger partial charge in [0.25, 0.3) is 0 Å². The van der Waals surface area contributed by atoms with Gasteiger partial charge in [-0.15, -0.1) is 0 Å². The molecule has 0 saturated carbocycles. The first kappa shape index (κ1) is 15.3. The summed E-state index contributed by atoms with van der Waals surface area (Å²) in [6, 6.07) is 7.55. The minimum atomic E-state index is -3.43. The van der Waals surface area contributed by atoms with E-state index in [4.69, 9.17) is 0 Å². The van der Waals surface area contributed by atoms with Crippen molar-refractivity contribution in [3.05, 3.63) is 24.3 Å². The van der Waals surface area contributed by atoms with Gasteiger partial charge in [-0.25, -0.2) is 13.1 Å². The van der Waals surface area contributed by atoms with Crippen LogP contribution in [0.5, 0.6) is 0 Å². The molecule has 0 amide bonds. The monoisotopic (exact) mass is 297 g/mol. The van der Waals surface area contributed by atoms with Crippen molar-refractivity contribution in [1.29, 1.82) is 0 Å². The van der Waals surface area contributed by atoms with Crippen LogP contribution in [-0.2, 0) is 10.0 Å². The van der Waals surface area contributed by atoms with E-state index in [0.717, 1.165) is 25.2 Å². The number of anilines is 1. The number of sulfonamides is 1. The zero-order valence-corrected chi connectivity index (χ0v) is 12.9. The average molecular weight is 297 g/mol. The molecule has 2 rings (SSSR count). The Balaban J connectivity index is 2.19. The summed E-state index contributed by atoms with van der Waals surface area (Å²) in [7, 11) is -0.0427. The number of likely N-dealkylation sites (N-methyl/N-ethyl adjacent to an activating group) is 1. The Morgan fingerprint density at radius 1 is 1.35 bits per heavy atom. The van der Waals surface area contributed by atoms with E-state index in [1.807, 2.05) is 24.1 Å². The van der Waals surface area contributed by atoms with E-state index >= 15 is 0 Å². The third-order valence-corrected chi connectivity index (χ3v) is 5.20. The Morgan fingerprint density at radius 2 is 2.10 bits per heavy atom. The van der Waals surface area contributed by atoms with Crippen molar-refractivity contribution in [1.82, 2.24) is 10.0 Å². The van der Waals surface area contributed by atoms with Gasteiger partial charge >= 0.3 is 0 Å². The van der Waals surface area contributed by atoms with Crippen molar-refractivity contribution >= 4 is 15.7 Å². The van der Waals surface area contributed by atoms with Gasteiger partial charge in [-0.05, 0) is 38.6 Å². The third kappa shape index (κ3) is 3.50. The highest BCUT2D eigenvalue weighted by molar-refractivity contribution is 7.89. The summed E-state index contributed by atoms with van der Waals surface area (Å²) in [6.45, 7) is 1.87. The predicted molar refractivity (Wildman–Crippen MR) is 81.6 cm³/mol. The van der Waals surface area contributed by atoms with Crippen LogP contribution in [0.2, 0.25) is 0 Å². The third-order valence-electron chi connectivity index (χ3n) is 3.74. The fourth-order valence-electron chi connectivity index (χ4n) is 2.62. The summed E-state index contributed by atoms with van der Waals surface area (Å²) < 4.78 is 26.5. The predicted octanol–water partition coefficient (Wildman–Crippen LogP) is 1.17. The van der Waals surface area contributed by atoms with Crippen molar-refractivity contribution in [2.45, 2.75) is 30.2 Å². The lowest BCUT2D eigenvalue weighted by atomic mass is 10.0. The van der Waals surface area contributed by atoms with Crippen molar-refractivity contribution in [3.63, 3.8) is 0 Å². The molecule has 1 aliphatic rings. The molecule has 1 heterocycles. The number of nitrogens with one attached hydrogen (secondary N) is 2. The molecule has 1 unspecified atom stereocenters. The molecule has 0 radical (unpaired) electrons. The van der Waals surface area contributed by atoms with Crippen molar-refractivity contribution in [3.8, 4) is 0 Å². The smallest absolute Gasteiger partial charge is 0.242 e. The number of hydrogen-bond donors (Lipinski definition) is 2. The average Bonchev–Trinajstić information content (AvgIpc) is 2.48. The molecule has 20 heavy (non-hydrogen) atoms. The Kier molecular flexibility index (Phi) is 5.01. The molecule has 1 fully saturated rings. The molecule has 6 heteroatoms. The number of rotatable bonds is 5. The van der Waals surface area contributed by atoms with Crippen LogP contribution in [-0.4, -0.2) is 41.6 Å². The van der Waals surface area contributed by atoms with E-state index in [-0.39, 0.29) is 0 Å². The van der Waals surface area contributed by atoms with Gasteiger partial charge in [-0.1, -0.05) is 18.6 Å². The molecule has 0 spiro atoms. The molecule has 1 saturated heterocycles. The van der Waals surface area contributed by atoms with Crippen LogP contribution in [0.1, 0.15) is 19.3 Å². The van der Waals surface area contributed by atoms with E-state index in [0.29, 0.717) is 10.9 Å². The van der Waals surface area contributed by atoms with Crippen LogP contribution in [0.3, 0.4) is 0 Å². The summed E-state index contributed by atoms with van der Waals surface area (Å²) in [5, 5.41) is 3.49. The summed E-state index contributed by atoms with van der Waals surface area (Å²) in [4.78, 5) is 2.36. The minimum absolute atomic E-state index is 0.334. The minimum Gasteiger partial charge on any atom is -0.372 e. The van der Waals surface area contributed by atoms with E-state index in [9.17, 15) is 8.42 Å². The second-order valence-corrected chi connectivity index (χ2v) is 7.06. The fourth-order valence-corrected chi connectivity index (χ4v) is 3.60. The molecule has 1 atom stereocenters. The second-order valence-electron chi connectivity index (χ2n) is 5.20. The summed E-state index contributed by atoms with van der Waals surface area (Å²) >= 11 is 0. The van der Waals surface area contributed by atoms with Crippen LogP contribution in [0.4, 0.5) is 5.69 Å². The molecule has 5 nitrogen and oxygen atoms in total. The number of benzene rings is 1. The lowest BCUT2D eigenvalue weighted by Gasteiger charge is -2.30. The molecule has 1 aliphatic heterocycles. The highest BCUT2D eigenvalue weighted by atomic mass is 32.2. The van der Waals surface area contributed by atoms with Crippen LogP contribution in [0.25, 0.3) is 0 Å². The van der Waals surface area contributed by atoms with Crippen molar-refractivity contribution in [2.75, 3.05) is 32.1 Å². The van der Waals surface area contributed by atoms with Crippen LogP contribution in [0.15, 0.2) is 29.2 Å². The first-order chi connectivity index (χ1) is 9.54. The van der Waals surface area contributed by atoms with Crippen molar-refractivity contribution in [2.24, 2.45) is 0 Å². The van der Waals surface area contributed by atoms with E-state index < -0.39 is 10.0 Å². The molecule has 112 valence electrons. The lowest BCUT2D eigenvalue weighted by Crippen LogP contribution is -2.42. The molecular formula is C14H23N3O2S. The largest absolute Gasteiger partial charge is 0.372 e. The highest BCUT2D eigenvalue weighted by Gasteiger charge is 2.21. The topological polar surface area (TPSA) is 61.4 Å². The maximum absolute atomic E-state index is 12.1. The number of para-hydroxylation sites is 1. The Labute approximate surface area is 121 Å². The van der Waals surface area contributed by atoms with Gasteiger partial charge in [0.15, 0.2) is 0 Å². The normalized spacial score (nSPS) is 19.8. The molecular weight excluding hydrogens is 274 g/mol. The second kappa shape index (κ2) is 6.56. The number of piperidine rings is 1. The van der Waals surface area contributed by atoms with Gasteiger partial charge in [-0.2, -0.15) is 0 Å². The SMILES string of the molecule is CNS(=O)(=O)c1ccccc1N(C)CC1CCCCN1. The summed E-state index contributed by atoms with van der Waals surface area (Å²) in [6.07, 6.45) is 3.61. The van der Waals surface area contributed by atoms with Crippen LogP contribution >= 0.6 is 0 Å². The highest BCUT2D eigenvalue weighted by Crippen LogP contribution is 2.24. The van der Waals surface area contributed by atoms with Gasteiger partial charge in [0.2, 0.25) is 10.0 Å². The van der Waals surface area contributed by atoms with E-state index in [2.05, 4.69) is 10.0 Å². The van der Waals surface area contributed by atoms with E-state index in [1.54, 1.807) is 12.1 Å². The lowest BCUT2D eigenvalue weighted by molar-refractivity contribution is 0.403. The van der Waals surface area contributed by atoms with Gasteiger partial charge in [0.05, 0.1) is 5.69 Å². The fraction of sp³-hybridized carbons (Fsp3) is 0.571. The first-order valence-corrected chi connectivity index (χ1v) is 8.50. The van der Waals surface area contributed by atoms with E-state index in [1.165, 1.54) is 19.9 Å². The van der Waals surface area contributed by atoms with Gasteiger partial charge in [-0.3, -0.25) is 0 Å².